The lowest BCUT2D eigenvalue weighted by atomic mass is 10.0. The Kier molecular flexibility index (Phi) is 8.76. The van der Waals surface area contributed by atoms with Crippen molar-refractivity contribution in [1.29, 1.82) is 0 Å². The maximum atomic E-state index is 14.6. The van der Waals surface area contributed by atoms with Crippen molar-refractivity contribution < 1.29 is 14.0 Å². The van der Waals surface area contributed by atoms with E-state index in [-0.39, 0.29) is 30.8 Å². The van der Waals surface area contributed by atoms with Gasteiger partial charge >= 0.3 is 0 Å². The molecule has 0 aliphatic carbocycles. The van der Waals surface area contributed by atoms with E-state index in [1.807, 2.05) is 74.5 Å². The van der Waals surface area contributed by atoms with Gasteiger partial charge < -0.3 is 10.2 Å². The Morgan fingerprint density at radius 1 is 0.879 bits per heavy atom. The van der Waals surface area contributed by atoms with Crippen LogP contribution >= 0.6 is 0 Å². The molecule has 1 N–H and O–H groups in total. The highest BCUT2D eigenvalue weighted by atomic mass is 19.1. The Morgan fingerprint density at radius 3 is 2.06 bits per heavy atom. The molecule has 3 aromatic carbocycles. The van der Waals surface area contributed by atoms with E-state index in [2.05, 4.69) is 5.32 Å². The van der Waals surface area contributed by atoms with E-state index in [0.29, 0.717) is 12.0 Å². The van der Waals surface area contributed by atoms with Gasteiger partial charge in [-0.05, 0) is 30.5 Å². The minimum atomic E-state index is -0.766. The molecule has 0 radical (unpaired) electrons. The zero-order chi connectivity index (χ0) is 23.6. The minimum absolute atomic E-state index is 0.0176. The smallest absolute Gasteiger partial charge is 0.243 e. The molecule has 0 aromatic heterocycles. The van der Waals surface area contributed by atoms with Gasteiger partial charge in [0.15, 0.2) is 0 Å². The predicted molar refractivity (Wildman–Crippen MR) is 129 cm³/mol. The topological polar surface area (TPSA) is 49.4 Å². The number of hydrogen-bond acceptors (Lipinski definition) is 2. The highest BCUT2D eigenvalue weighted by Crippen LogP contribution is 2.18. The molecular formula is C28H31FN2O2. The summed E-state index contributed by atoms with van der Waals surface area (Å²) in [7, 11) is 0. The van der Waals surface area contributed by atoms with Crippen LogP contribution in [0.4, 0.5) is 4.39 Å². The summed E-state index contributed by atoms with van der Waals surface area (Å²) >= 11 is 0. The van der Waals surface area contributed by atoms with Crippen LogP contribution in [0.5, 0.6) is 0 Å². The molecule has 4 nitrogen and oxygen atoms in total. The Labute approximate surface area is 195 Å². The molecule has 0 aliphatic rings. The average Bonchev–Trinajstić information content (AvgIpc) is 2.83. The molecule has 0 bridgehead atoms. The molecule has 3 aromatic rings. The van der Waals surface area contributed by atoms with Gasteiger partial charge in [-0.1, -0.05) is 85.8 Å². The van der Waals surface area contributed by atoms with Crippen LogP contribution in [0.1, 0.15) is 37.0 Å². The molecule has 2 atom stereocenters. The van der Waals surface area contributed by atoms with Crippen LogP contribution in [-0.4, -0.2) is 28.8 Å². The fourth-order valence-corrected chi connectivity index (χ4v) is 3.68. The molecule has 0 fully saturated rings. The first-order valence-electron chi connectivity index (χ1n) is 11.4. The lowest BCUT2D eigenvalue weighted by Crippen LogP contribution is -2.52. The molecule has 172 valence electrons. The van der Waals surface area contributed by atoms with Gasteiger partial charge in [0.2, 0.25) is 11.8 Å². The number of halogens is 1. The Bertz CT molecular complexity index is 1040. The second-order valence-electron chi connectivity index (χ2n) is 8.30. The van der Waals surface area contributed by atoms with E-state index in [9.17, 15) is 14.0 Å². The third-order valence-electron chi connectivity index (χ3n) is 5.77. The first kappa shape index (κ1) is 24.2. The van der Waals surface area contributed by atoms with E-state index >= 15 is 0 Å². The maximum Gasteiger partial charge on any atom is 0.243 e. The number of nitrogens with one attached hydrogen (secondary N) is 1. The lowest BCUT2D eigenvalue weighted by Gasteiger charge is -2.32. The van der Waals surface area contributed by atoms with Crippen LogP contribution in [0.15, 0.2) is 84.9 Å². The highest BCUT2D eigenvalue weighted by molar-refractivity contribution is 5.89. The van der Waals surface area contributed by atoms with Gasteiger partial charge in [-0.2, -0.15) is 0 Å². The monoisotopic (exact) mass is 446 g/mol. The average molecular weight is 447 g/mol. The zero-order valence-corrected chi connectivity index (χ0v) is 19.2. The summed E-state index contributed by atoms with van der Waals surface area (Å²) in [4.78, 5) is 28.5. The number of rotatable bonds is 10. The normalized spacial score (nSPS) is 12.6. The largest absolute Gasteiger partial charge is 0.352 e. The van der Waals surface area contributed by atoms with E-state index in [0.717, 1.165) is 17.5 Å². The van der Waals surface area contributed by atoms with Crippen LogP contribution in [-0.2, 0) is 29.0 Å². The quantitative estimate of drug-likeness (QED) is 0.480. The molecule has 0 saturated heterocycles. The van der Waals surface area contributed by atoms with Crippen molar-refractivity contribution in [3.8, 4) is 0 Å². The van der Waals surface area contributed by atoms with Gasteiger partial charge in [-0.15, -0.1) is 0 Å². The zero-order valence-electron chi connectivity index (χ0n) is 19.2. The van der Waals surface area contributed by atoms with E-state index in [1.165, 1.54) is 11.0 Å². The summed E-state index contributed by atoms with van der Waals surface area (Å²) < 4.78 is 14.6. The Morgan fingerprint density at radius 2 is 1.45 bits per heavy atom. The lowest BCUT2D eigenvalue weighted by molar-refractivity contribution is -0.141. The number of hydrogen-bond donors (Lipinski definition) is 1. The molecule has 0 heterocycles. The summed E-state index contributed by atoms with van der Waals surface area (Å²) in [6.45, 7) is 3.95. The van der Waals surface area contributed by atoms with Crippen LogP contribution in [0.3, 0.4) is 0 Å². The molecule has 0 aliphatic heterocycles. The van der Waals surface area contributed by atoms with Gasteiger partial charge in [-0.3, -0.25) is 9.59 Å². The molecule has 0 saturated carbocycles. The third kappa shape index (κ3) is 7.01. The summed E-state index contributed by atoms with van der Waals surface area (Å²) in [5, 5.41) is 3.02. The van der Waals surface area contributed by atoms with Crippen molar-refractivity contribution in [3.05, 3.63) is 107 Å². The summed E-state index contributed by atoms with van der Waals surface area (Å²) in [5.74, 6) is -0.841. The second kappa shape index (κ2) is 12.0. The molecule has 2 amide bonds. The number of carbonyl (C=O) groups excluding carboxylic acids is 2. The molecule has 0 spiro atoms. The summed E-state index contributed by atoms with van der Waals surface area (Å²) in [6, 6.07) is 24.6. The van der Waals surface area contributed by atoms with Crippen molar-refractivity contribution in [2.75, 3.05) is 0 Å². The molecule has 33 heavy (non-hydrogen) atoms. The third-order valence-corrected chi connectivity index (χ3v) is 5.77. The van der Waals surface area contributed by atoms with Crippen molar-refractivity contribution in [1.82, 2.24) is 10.2 Å². The van der Waals surface area contributed by atoms with Gasteiger partial charge in [0.05, 0.1) is 6.42 Å². The van der Waals surface area contributed by atoms with Gasteiger partial charge in [0, 0.05) is 24.6 Å². The van der Waals surface area contributed by atoms with Crippen molar-refractivity contribution in [3.63, 3.8) is 0 Å². The molecule has 0 unspecified atom stereocenters. The summed E-state index contributed by atoms with van der Waals surface area (Å²) in [6.07, 6.45) is 1.25. The number of benzene rings is 3. The van der Waals surface area contributed by atoms with E-state index < -0.39 is 11.9 Å². The SMILES string of the molecule is CC[C@@H](C)NC(=O)[C@@H](Cc1ccccc1)N(Cc1ccccc1F)C(=O)Cc1ccccc1. The van der Waals surface area contributed by atoms with Crippen molar-refractivity contribution in [2.45, 2.75) is 51.7 Å². The standard InChI is InChI=1S/C28H31FN2O2/c1-3-21(2)30-28(33)26(18-22-12-6-4-7-13-22)31(20-24-16-10-11-17-25(24)29)27(32)19-23-14-8-5-9-15-23/h4-17,21,26H,3,18-20H2,1-2H3,(H,30,33)/t21-,26-/m1/s1. The first-order valence-corrected chi connectivity index (χ1v) is 11.4. The van der Waals surface area contributed by atoms with Crippen LogP contribution in [0, 0.1) is 5.82 Å². The number of nitrogens with zero attached hydrogens (tertiary/aromatic N) is 1. The maximum absolute atomic E-state index is 14.6. The number of carbonyl (C=O) groups is 2. The fraction of sp³-hybridized carbons (Fsp3) is 0.286. The number of amides is 2. The van der Waals surface area contributed by atoms with E-state index in [4.69, 9.17) is 0 Å². The predicted octanol–water partition coefficient (Wildman–Crippen LogP) is 4.92. The van der Waals surface area contributed by atoms with E-state index in [1.54, 1.807) is 18.2 Å². The first-order chi connectivity index (χ1) is 16.0. The van der Waals surface area contributed by atoms with Crippen molar-refractivity contribution in [2.24, 2.45) is 0 Å². The van der Waals surface area contributed by atoms with Gasteiger partial charge in [0.25, 0.3) is 0 Å². The molecule has 5 heteroatoms. The van der Waals surface area contributed by atoms with Gasteiger partial charge in [-0.25, -0.2) is 4.39 Å². The second-order valence-corrected chi connectivity index (χ2v) is 8.30. The Hall–Kier alpha value is -3.47. The van der Waals surface area contributed by atoms with Crippen molar-refractivity contribution >= 4 is 11.8 Å². The highest BCUT2D eigenvalue weighted by Gasteiger charge is 2.31. The van der Waals surface area contributed by atoms with Crippen LogP contribution < -0.4 is 5.32 Å². The van der Waals surface area contributed by atoms with Gasteiger partial charge in [0.1, 0.15) is 11.9 Å². The summed E-state index contributed by atoms with van der Waals surface area (Å²) in [5.41, 5.74) is 2.17. The Balaban J connectivity index is 1.97. The van der Waals surface area contributed by atoms with Crippen LogP contribution in [0.2, 0.25) is 0 Å². The fourth-order valence-electron chi connectivity index (χ4n) is 3.68. The molecular weight excluding hydrogens is 415 g/mol. The molecule has 3 rings (SSSR count). The van der Waals surface area contributed by atoms with Crippen LogP contribution in [0.25, 0.3) is 0 Å². The minimum Gasteiger partial charge on any atom is -0.352 e.